The van der Waals surface area contributed by atoms with Gasteiger partial charge < -0.3 is 10.0 Å². The smallest absolute Gasteiger partial charge is 0.266 e. The molecule has 1 saturated heterocycles. The normalized spacial score (nSPS) is 20.6. The van der Waals surface area contributed by atoms with E-state index in [-0.39, 0.29) is 12.5 Å². The van der Waals surface area contributed by atoms with E-state index in [0.717, 1.165) is 22.0 Å². The molecule has 1 amide bonds. The third kappa shape index (κ3) is 3.39. The quantitative estimate of drug-likeness (QED) is 0.624. The van der Waals surface area contributed by atoms with Crippen molar-refractivity contribution in [1.82, 2.24) is 4.90 Å². The zero-order valence-electron chi connectivity index (χ0n) is 13.3. The summed E-state index contributed by atoms with van der Waals surface area (Å²) in [6, 6.07) is 8.09. The van der Waals surface area contributed by atoms with Gasteiger partial charge in [0.1, 0.15) is 4.32 Å². The molecule has 0 bridgehead atoms. The van der Waals surface area contributed by atoms with Crippen molar-refractivity contribution >= 4 is 51.7 Å². The highest BCUT2D eigenvalue weighted by molar-refractivity contribution is 8.26. The number of aliphatic hydroxyl groups is 1. The monoisotopic (exact) mass is 378 g/mol. The summed E-state index contributed by atoms with van der Waals surface area (Å²) in [7, 11) is 0. The molecule has 2 heterocycles. The van der Waals surface area contributed by atoms with Crippen molar-refractivity contribution in [3.63, 3.8) is 0 Å². The standard InChI is InChI=1S/C17H18N2O2S3/c1-2-9-19-16(21)14(24-17(19)22)7-8-15-18(10-11-20)12-5-3-4-6-13(12)23-15/h3-8,20H,2,9-11H2,1H3/b14-7-,15-8-. The second kappa shape index (κ2) is 7.74. The van der Waals surface area contributed by atoms with Crippen LogP contribution in [0.5, 0.6) is 0 Å². The number of carbonyl (C=O) groups excluding carboxylic acids is 1. The van der Waals surface area contributed by atoms with Gasteiger partial charge in [-0.2, -0.15) is 0 Å². The van der Waals surface area contributed by atoms with Gasteiger partial charge in [-0.25, -0.2) is 0 Å². The summed E-state index contributed by atoms with van der Waals surface area (Å²) in [6.45, 7) is 3.30. The maximum Gasteiger partial charge on any atom is 0.266 e. The number of amides is 1. The van der Waals surface area contributed by atoms with Gasteiger partial charge in [-0.05, 0) is 30.7 Å². The maximum atomic E-state index is 12.4. The molecule has 24 heavy (non-hydrogen) atoms. The Bertz CT molecular complexity index is 730. The highest BCUT2D eigenvalue weighted by atomic mass is 32.2. The number of hydrogen-bond donors (Lipinski definition) is 1. The van der Waals surface area contributed by atoms with E-state index < -0.39 is 0 Å². The molecule has 1 aromatic rings. The van der Waals surface area contributed by atoms with Crippen molar-refractivity contribution in [2.45, 2.75) is 18.2 Å². The third-order valence-electron chi connectivity index (χ3n) is 3.66. The summed E-state index contributed by atoms with van der Waals surface area (Å²) in [5.74, 6) is -0.0158. The number of allylic oxidation sites excluding steroid dienone is 2. The van der Waals surface area contributed by atoms with E-state index in [1.165, 1.54) is 11.8 Å². The van der Waals surface area contributed by atoms with E-state index in [2.05, 4.69) is 11.0 Å². The van der Waals surface area contributed by atoms with Crippen LogP contribution in [0.4, 0.5) is 5.69 Å². The third-order valence-corrected chi connectivity index (χ3v) is 6.19. The molecule has 3 rings (SSSR count). The average molecular weight is 379 g/mol. The molecular weight excluding hydrogens is 360 g/mol. The molecule has 0 unspecified atom stereocenters. The SMILES string of the molecule is CCCN1C(=O)/C(=C/C=C2\Sc3ccccc3N2CCO)SC1=S. The molecular formula is C17H18N2O2S3. The maximum absolute atomic E-state index is 12.4. The molecule has 0 aliphatic carbocycles. The Labute approximate surface area is 155 Å². The summed E-state index contributed by atoms with van der Waals surface area (Å²) >= 11 is 8.28. The number of hydrogen-bond acceptors (Lipinski definition) is 6. The summed E-state index contributed by atoms with van der Waals surface area (Å²) < 4.78 is 0.626. The second-order valence-corrected chi connectivity index (χ2v) is 8.04. The summed E-state index contributed by atoms with van der Waals surface area (Å²) in [5, 5.41) is 10.4. The summed E-state index contributed by atoms with van der Waals surface area (Å²) in [5.41, 5.74) is 1.09. The highest BCUT2D eigenvalue weighted by Gasteiger charge is 2.31. The number of carbonyl (C=O) groups is 1. The van der Waals surface area contributed by atoms with Crippen molar-refractivity contribution in [2.24, 2.45) is 0 Å². The number of thioether (sulfide) groups is 2. The number of β-amino-alcohol motifs (C(OH)–C–C–N with tert-alkyl or cyclic N) is 1. The molecule has 0 aromatic heterocycles. The second-order valence-electron chi connectivity index (χ2n) is 5.31. The van der Waals surface area contributed by atoms with Crippen molar-refractivity contribution < 1.29 is 9.90 Å². The Morgan fingerprint density at radius 3 is 2.71 bits per heavy atom. The van der Waals surface area contributed by atoms with Crippen LogP contribution in [0.2, 0.25) is 0 Å². The van der Waals surface area contributed by atoms with Crippen LogP contribution < -0.4 is 4.90 Å². The number of fused-ring (bicyclic) bond motifs is 1. The van der Waals surface area contributed by atoms with Crippen molar-refractivity contribution in [3.8, 4) is 0 Å². The van der Waals surface area contributed by atoms with Crippen molar-refractivity contribution in [1.29, 1.82) is 0 Å². The van der Waals surface area contributed by atoms with Gasteiger partial charge in [-0.1, -0.05) is 54.8 Å². The van der Waals surface area contributed by atoms with E-state index >= 15 is 0 Å². The Morgan fingerprint density at radius 1 is 1.17 bits per heavy atom. The van der Waals surface area contributed by atoms with E-state index in [0.29, 0.717) is 22.3 Å². The molecule has 1 fully saturated rings. The molecule has 126 valence electrons. The molecule has 1 N–H and O–H groups in total. The topological polar surface area (TPSA) is 43.8 Å². The van der Waals surface area contributed by atoms with E-state index in [9.17, 15) is 9.90 Å². The van der Waals surface area contributed by atoms with Crippen LogP contribution in [-0.4, -0.2) is 39.9 Å². The molecule has 0 atom stereocenters. The number of anilines is 1. The van der Waals surface area contributed by atoms with Crippen LogP contribution in [0, 0.1) is 0 Å². The lowest BCUT2D eigenvalue weighted by molar-refractivity contribution is -0.122. The predicted molar refractivity (Wildman–Crippen MR) is 105 cm³/mol. The van der Waals surface area contributed by atoms with Gasteiger partial charge in [0.05, 0.1) is 22.2 Å². The number of rotatable bonds is 5. The first-order valence-corrected chi connectivity index (χ1v) is 9.80. The molecule has 1 aromatic carbocycles. The van der Waals surface area contributed by atoms with Gasteiger partial charge in [-0.3, -0.25) is 9.69 Å². The fourth-order valence-corrected chi connectivity index (χ4v) is 4.93. The fraction of sp³-hybridized carbons (Fsp3) is 0.294. The molecule has 7 heteroatoms. The highest BCUT2D eigenvalue weighted by Crippen LogP contribution is 2.45. The van der Waals surface area contributed by atoms with Gasteiger partial charge in [-0.15, -0.1) is 0 Å². The minimum atomic E-state index is -0.0158. The van der Waals surface area contributed by atoms with Crippen LogP contribution in [0.3, 0.4) is 0 Å². The zero-order valence-corrected chi connectivity index (χ0v) is 15.7. The largest absolute Gasteiger partial charge is 0.395 e. The number of para-hydroxylation sites is 1. The van der Waals surface area contributed by atoms with E-state index in [4.69, 9.17) is 12.2 Å². The first-order chi connectivity index (χ1) is 11.7. The van der Waals surface area contributed by atoms with Crippen LogP contribution in [0.1, 0.15) is 13.3 Å². The lowest BCUT2D eigenvalue weighted by Crippen LogP contribution is -2.28. The Balaban J connectivity index is 1.84. The van der Waals surface area contributed by atoms with E-state index in [1.807, 2.05) is 37.3 Å². The molecule has 0 spiro atoms. The minimum Gasteiger partial charge on any atom is -0.395 e. The van der Waals surface area contributed by atoms with Gasteiger partial charge in [0.25, 0.3) is 5.91 Å². The minimum absolute atomic E-state index is 0.0158. The van der Waals surface area contributed by atoms with Crippen molar-refractivity contribution in [3.05, 3.63) is 46.4 Å². The van der Waals surface area contributed by atoms with Crippen LogP contribution in [0.25, 0.3) is 0 Å². The lowest BCUT2D eigenvalue weighted by atomic mass is 10.3. The number of thiocarbonyl (C=S) groups is 1. The summed E-state index contributed by atoms with van der Waals surface area (Å²) in [6.07, 6.45) is 4.67. The van der Waals surface area contributed by atoms with Crippen LogP contribution >= 0.6 is 35.7 Å². The zero-order chi connectivity index (χ0) is 17.1. The molecule has 0 saturated carbocycles. The van der Waals surface area contributed by atoms with E-state index in [1.54, 1.807) is 16.7 Å². The Kier molecular flexibility index (Phi) is 5.65. The fourth-order valence-electron chi connectivity index (χ4n) is 2.59. The Morgan fingerprint density at radius 2 is 1.96 bits per heavy atom. The molecule has 2 aliphatic rings. The van der Waals surface area contributed by atoms with Crippen LogP contribution in [-0.2, 0) is 4.79 Å². The number of aliphatic hydroxyl groups excluding tert-OH is 1. The Hall–Kier alpha value is -1.28. The first-order valence-electron chi connectivity index (χ1n) is 7.76. The first kappa shape index (κ1) is 17.5. The molecule has 0 radical (unpaired) electrons. The molecule has 2 aliphatic heterocycles. The van der Waals surface area contributed by atoms with Gasteiger partial charge in [0, 0.05) is 18.0 Å². The van der Waals surface area contributed by atoms with Gasteiger partial charge >= 0.3 is 0 Å². The molecule has 4 nitrogen and oxygen atoms in total. The average Bonchev–Trinajstić information content (AvgIpc) is 3.06. The predicted octanol–water partition coefficient (Wildman–Crippen LogP) is 3.59. The van der Waals surface area contributed by atoms with Crippen molar-refractivity contribution in [2.75, 3.05) is 24.6 Å². The van der Waals surface area contributed by atoms with Gasteiger partial charge in [0.15, 0.2) is 0 Å². The number of benzene rings is 1. The number of nitrogens with zero attached hydrogens (tertiary/aromatic N) is 2. The van der Waals surface area contributed by atoms with Gasteiger partial charge in [0.2, 0.25) is 0 Å². The summed E-state index contributed by atoms with van der Waals surface area (Å²) in [4.78, 5) is 17.9. The lowest BCUT2D eigenvalue weighted by Gasteiger charge is -2.18. The van der Waals surface area contributed by atoms with Crippen LogP contribution in [0.15, 0.2) is 51.2 Å².